The second kappa shape index (κ2) is 14.3. The highest BCUT2D eigenvalue weighted by molar-refractivity contribution is 6.35. The van der Waals surface area contributed by atoms with Gasteiger partial charge < -0.3 is 25.0 Å². The molecule has 1 aromatic heterocycles. The Morgan fingerprint density at radius 2 is 1.81 bits per heavy atom. The van der Waals surface area contributed by atoms with Crippen molar-refractivity contribution in [3.05, 3.63) is 57.8 Å². The number of hydrogen-bond acceptors (Lipinski definition) is 6. The third-order valence-corrected chi connectivity index (χ3v) is 9.31. The third-order valence-electron chi connectivity index (χ3n) is 8.72. The Morgan fingerprint density at radius 1 is 1.07 bits per heavy atom. The van der Waals surface area contributed by atoms with Crippen molar-refractivity contribution in [2.75, 3.05) is 45.9 Å². The van der Waals surface area contributed by atoms with Gasteiger partial charge in [0.2, 0.25) is 5.91 Å². The summed E-state index contributed by atoms with van der Waals surface area (Å²) < 4.78 is 6.29. The number of nitrogens with one attached hydrogen (secondary N) is 1. The standard InChI is InChI=1S/C31H41Cl2N5O4/c1-21(36-12-2-3-13-36)20-42-28-5-4-11-34-29(28)22-8-14-37(15-9-22)30(40)27(17-23-6-7-24(32)18-26(23)33)35-31(41)38-16-10-25(39)19-38/h4-7,11,18,21-22,25,27,39H,2-3,8-10,12-17,19-20H2,1H3,(H,35,41)/t21-,25-,27-/m1/s1. The van der Waals surface area contributed by atoms with Gasteiger partial charge in [-0.25, -0.2) is 4.79 Å². The molecular formula is C31H41Cl2N5O4. The Kier molecular flexibility index (Phi) is 10.5. The Bertz CT molecular complexity index is 1240. The van der Waals surface area contributed by atoms with E-state index in [0.717, 1.165) is 42.9 Å². The SMILES string of the molecule is C[C@H](COc1cccnc1C1CCN(C(=O)[C@@H](Cc2ccc(Cl)cc2Cl)NC(=O)N2CC[C@@H](O)C2)CC1)N1CCCC1. The minimum absolute atomic E-state index is 0.149. The summed E-state index contributed by atoms with van der Waals surface area (Å²) in [5.41, 5.74) is 1.68. The molecule has 3 aliphatic heterocycles. The molecule has 0 bridgehead atoms. The topological polar surface area (TPSA) is 98.2 Å². The molecular weight excluding hydrogens is 577 g/mol. The molecule has 3 saturated heterocycles. The maximum atomic E-state index is 13.8. The van der Waals surface area contributed by atoms with Crippen LogP contribution in [0, 0.1) is 0 Å². The number of likely N-dealkylation sites (tertiary alicyclic amines) is 3. The number of benzene rings is 1. The monoisotopic (exact) mass is 617 g/mol. The number of carbonyl (C=O) groups is 2. The molecule has 11 heteroatoms. The van der Waals surface area contributed by atoms with Crippen molar-refractivity contribution in [2.45, 2.75) is 69.6 Å². The van der Waals surface area contributed by atoms with Crippen LogP contribution in [0.1, 0.15) is 56.2 Å². The molecule has 9 nitrogen and oxygen atoms in total. The van der Waals surface area contributed by atoms with Gasteiger partial charge in [-0.15, -0.1) is 0 Å². The number of nitrogens with zero attached hydrogens (tertiary/aromatic N) is 4. The van der Waals surface area contributed by atoms with Crippen molar-refractivity contribution < 1.29 is 19.4 Å². The zero-order valence-corrected chi connectivity index (χ0v) is 25.7. The van der Waals surface area contributed by atoms with E-state index in [4.69, 9.17) is 32.9 Å². The van der Waals surface area contributed by atoms with Gasteiger partial charge in [0.25, 0.3) is 0 Å². The number of aliphatic hydroxyl groups excluding tert-OH is 1. The van der Waals surface area contributed by atoms with Gasteiger partial charge in [-0.05, 0) is 81.9 Å². The summed E-state index contributed by atoms with van der Waals surface area (Å²) in [7, 11) is 0. The quantitative estimate of drug-likeness (QED) is 0.434. The number of hydrogen-bond donors (Lipinski definition) is 2. The molecule has 2 N–H and O–H groups in total. The van der Waals surface area contributed by atoms with E-state index in [1.165, 1.54) is 12.8 Å². The molecule has 0 spiro atoms. The molecule has 5 rings (SSSR count). The molecule has 228 valence electrons. The number of β-amino-alcohol motifs (C(OH)–C–C–N with tert-alkyl or cyclic N) is 1. The van der Waals surface area contributed by atoms with Crippen molar-refractivity contribution in [2.24, 2.45) is 0 Å². The van der Waals surface area contributed by atoms with Crippen LogP contribution in [0.3, 0.4) is 0 Å². The van der Waals surface area contributed by atoms with Gasteiger partial charge in [0, 0.05) is 60.8 Å². The summed E-state index contributed by atoms with van der Waals surface area (Å²) in [5, 5.41) is 13.8. The van der Waals surface area contributed by atoms with Crippen LogP contribution in [0.15, 0.2) is 36.5 Å². The summed E-state index contributed by atoms with van der Waals surface area (Å²) in [5.74, 6) is 0.852. The van der Waals surface area contributed by atoms with Crippen LogP contribution in [-0.4, -0.2) is 101 Å². The van der Waals surface area contributed by atoms with Crippen LogP contribution in [0.5, 0.6) is 5.75 Å². The first kappa shape index (κ1) is 30.9. The van der Waals surface area contributed by atoms with E-state index >= 15 is 0 Å². The van der Waals surface area contributed by atoms with E-state index in [-0.39, 0.29) is 30.8 Å². The Labute approximate surface area is 258 Å². The maximum Gasteiger partial charge on any atom is 0.318 e. The lowest BCUT2D eigenvalue weighted by Gasteiger charge is -2.35. The van der Waals surface area contributed by atoms with Crippen LogP contribution in [0.25, 0.3) is 0 Å². The van der Waals surface area contributed by atoms with E-state index in [1.54, 1.807) is 29.3 Å². The normalized spacial score (nSPS) is 21.4. The number of aliphatic hydroxyl groups is 1. The molecule has 2 aromatic rings. The molecule has 3 atom stereocenters. The van der Waals surface area contributed by atoms with Crippen molar-refractivity contribution in [1.29, 1.82) is 0 Å². The van der Waals surface area contributed by atoms with Gasteiger partial charge in [-0.1, -0.05) is 29.3 Å². The largest absolute Gasteiger partial charge is 0.490 e. The first-order valence-corrected chi connectivity index (χ1v) is 15.8. The smallest absolute Gasteiger partial charge is 0.318 e. The summed E-state index contributed by atoms with van der Waals surface area (Å²) in [6.45, 7) is 6.89. The van der Waals surface area contributed by atoms with Crippen LogP contribution < -0.4 is 10.1 Å². The molecule has 3 amide bonds. The van der Waals surface area contributed by atoms with Gasteiger partial charge in [0.15, 0.2) is 0 Å². The molecule has 42 heavy (non-hydrogen) atoms. The van der Waals surface area contributed by atoms with Crippen molar-refractivity contribution in [3.63, 3.8) is 0 Å². The number of pyridine rings is 1. The van der Waals surface area contributed by atoms with E-state index < -0.39 is 12.1 Å². The van der Waals surface area contributed by atoms with Crippen molar-refractivity contribution >= 4 is 35.1 Å². The second-order valence-corrected chi connectivity index (χ2v) is 12.6. The van der Waals surface area contributed by atoms with Crippen LogP contribution in [-0.2, 0) is 11.2 Å². The summed E-state index contributed by atoms with van der Waals surface area (Å²) in [4.78, 5) is 37.4. The minimum atomic E-state index is -0.800. The summed E-state index contributed by atoms with van der Waals surface area (Å²) in [6.07, 6.45) is 6.03. The van der Waals surface area contributed by atoms with Gasteiger partial charge >= 0.3 is 6.03 Å². The van der Waals surface area contributed by atoms with Crippen LogP contribution in [0.2, 0.25) is 10.0 Å². The lowest BCUT2D eigenvalue weighted by Crippen LogP contribution is -2.54. The Morgan fingerprint density at radius 3 is 2.50 bits per heavy atom. The van der Waals surface area contributed by atoms with Crippen molar-refractivity contribution in [3.8, 4) is 5.75 Å². The fourth-order valence-corrected chi connectivity index (χ4v) is 6.68. The van der Waals surface area contributed by atoms with Gasteiger partial charge in [-0.2, -0.15) is 0 Å². The number of carbonyl (C=O) groups excluding carboxylic acids is 2. The van der Waals surface area contributed by atoms with Crippen LogP contribution in [0.4, 0.5) is 4.79 Å². The molecule has 0 unspecified atom stereocenters. The number of aromatic nitrogens is 1. The first-order chi connectivity index (χ1) is 20.3. The Hall–Kier alpha value is -2.59. The molecule has 1 aromatic carbocycles. The predicted octanol–water partition coefficient (Wildman–Crippen LogP) is 4.35. The lowest BCUT2D eigenvalue weighted by molar-refractivity contribution is -0.134. The zero-order chi connectivity index (χ0) is 29.6. The van der Waals surface area contributed by atoms with Gasteiger partial charge in [-0.3, -0.25) is 14.7 Å². The predicted molar refractivity (Wildman–Crippen MR) is 163 cm³/mol. The van der Waals surface area contributed by atoms with Crippen molar-refractivity contribution in [1.82, 2.24) is 25.0 Å². The number of urea groups is 1. The fraction of sp³-hybridized carbons (Fsp3) is 0.581. The van der Waals surface area contributed by atoms with Crippen LogP contribution >= 0.6 is 23.2 Å². The molecule has 3 aliphatic rings. The molecule has 0 radical (unpaired) electrons. The average molecular weight is 619 g/mol. The van der Waals surface area contributed by atoms with E-state index in [1.807, 2.05) is 17.0 Å². The second-order valence-electron chi connectivity index (χ2n) is 11.7. The molecule has 4 heterocycles. The summed E-state index contributed by atoms with van der Waals surface area (Å²) >= 11 is 12.5. The van der Waals surface area contributed by atoms with Gasteiger partial charge in [0.05, 0.1) is 11.8 Å². The molecule has 0 saturated carbocycles. The Balaban J connectivity index is 1.23. The highest BCUT2D eigenvalue weighted by Crippen LogP contribution is 2.33. The first-order valence-electron chi connectivity index (χ1n) is 15.1. The lowest BCUT2D eigenvalue weighted by atomic mass is 9.91. The van der Waals surface area contributed by atoms with E-state index in [9.17, 15) is 14.7 Å². The number of ether oxygens (including phenoxy) is 1. The highest BCUT2D eigenvalue weighted by Gasteiger charge is 2.34. The molecule has 0 aliphatic carbocycles. The van der Waals surface area contributed by atoms with E-state index in [0.29, 0.717) is 48.7 Å². The number of amides is 3. The molecule has 3 fully saturated rings. The summed E-state index contributed by atoms with van der Waals surface area (Å²) in [6, 6.07) is 8.26. The minimum Gasteiger partial charge on any atom is -0.490 e. The number of piperidine rings is 1. The maximum absolute atomic E-state index is 13.8. The van der Waals surface area contributed by atoms with E-state index in [2.05, 4.69) is 17.1 Å². The number of rotatable bonds is 9. The average Bonchev–Trinajstić information content (AvgIpc) is 3.69. The fourth-order valence-electron chi connectivity index (χ4n) is 6.20. The van der Waals surface area contributed by atoms with Gasteiger partial charge in [0.1, 0.15) is 18.4 Å². The highest BCUT2D eigenvalue weighted by atomic mass is 35.5. The zero-order valence-electron chi connectivity index (χ0n) is 24.2. The third kappa shape index (κ3) is 7.67. The number of halogens is 2.